The summed E-state index contributed by atoms with van der Waals surface area (Å²) in [6.45, 7) is 21.6. The summed E-state index contributed by atoms with van der Waals surface area (Å²) in [6, 6.07) is 3.26. The van der Waals surface area contributed by atoms with Crippen molar-refractivity contribution in [2.24, 2.45) is 40.5 Å². The van der Waals surface area contributed by atoms with Crippen LogP contribution in [0.3, 0.4) is 0 Å². The minimum absolute atomic E-state index is 0.0287. The molecule has 5 aromatic rings. The van der Waals surface area contributed by atoms with E-state index in [4.69, 9.17) is 78.9 Å². The number of nitrogen functional groups attached to an aromatic ring is 2. The van der Waals surface area contributed by atoms with Gasteiger partial charge in [0.2, 0.25) is 23.5 Å². The number of piperidine rings is 1. The number of Topliss-reactive ketones (excluding diaryl/α,β-unsaturated/α-hetero) is 2. The van der Waals surface area contributed by atoms with Crippen molar-refractivity contribution in [2.45, 2.75) is 257 Å². The zero-order valence-electron chi connectivity index (χ0n) is 78.2. The zero-order chi connectivity index (χ0) is 94.6. The van der Waals surface area contributed by atoms with Gasteiger partial charge >= 0.3 is 5.97 Å². The van der Waals surface area contributed by atoms with E-state index >= 15 is 4.79 Å². The highest BCUT2D eigenvalue weighted by Crippen LogP contribution is 2.40. The molecule has 726 valence electrons. The van der Waals surface area contributed by atoms with E-state index in [1.54, 1.807) is 58.7 Å². The quantitative estimate of drug-likeness (QED) is 0.00603. The molecule has 0 spiro atoms. The van der Waals surface area contributed by atoms with E-state index in [0.717, 1.165) is 17.6 Å². The van der Waals surface area contributed by atoms with E-state index < -0.39 is 95.2 Å². The van der Waals surface area contributed by atoms with Crippen LogP contribution in [0.2, 0.25) is 0 Å². The number of carbonyl (C=O) groups is 7. The molecule has 15 atom stereocenters. The molecule has 1 aliphatic carbocycles. The molecular weight excluding hydrogens is 1690 g/mol. The third-order valence-electron chi connectivity index (χ3n) is 24.1. The van der Waals surface area contributed by atoms with Gasteiger partial charge in [0.15, 0.2) is 17.0 Å². The Balaban J connectivity index is 0.631. The van der Waals surface area contributed by atoms with Gasteiger partial charge in [-0.3, -0.25) is 28.8 Å². The van der Waals surface area contributed by atoms with Gasteiger partial charge < -0.3 is 110 Å². The molecular formula is C93H142N16O22. The number of hydrogen-bond donors (Lipinski definition) is 9. The van der Waals surface area contributed by atoms with Gasteiger partial charge in [-0.1, -0.05) is 74.5 Å². The van der Waals surface area contributed by atoms with Gasteiger partial charge in [0.1, 0.15) is 53.3 Å². The summed E-state index contributed by atoms with van der Waals surface area (Å²) < 4.78 is 67.4. The number of cyclic esters (lactones) is 1. The van der Waals surface area contributed by atoms with E-state index in [2.05, 4.69) is 46.4 Å². The first-order valence-electron chi connectivity index (χ1n) is 46.3. The second kappa shape index (κ2) is 53.5. The third-order valence-corrected chi connectivity index (χ3v) is 24.1. The largest absolute Gasteiger partial charge is 0.459 e. The number of fused-ring (bicyclic) bond motifs is 5. The van der Waals surface area contributed by atoms with Crippen LogP contribution in [0.15, 0.2) is 87.9 Å². The van der Waals surface area contributed by atoms with Crippen molar-refractivity contribution in [3.8, 4) is 11.3 Å². The van der Waals surface area contributed by atoms with E-state index in [1.165, 1.54) is 11.2 Å². The summed E-state index contributed by atoms with van der Waals surface area (Å²) in [6.07, 6.45) is 16.4. The van der Waals surface area contributed by atoms with Crippen LogP contribution >= 0.6 is 0 Å². The van der Waals surface area contributed by atoms with Crippen LogP contribution in [-0.4, -0.2) is 287 Å². The van der Waals surface area contributed by atoms with Gasteiger partial charge in [-0.2, -0.15) is 10.1 Å². The van der Waals surface area contributed by atoms with Crippen LogP contribution in [0.4, 0.5) is 11.8 Å². The Morgan fingerprint density at radius 1 is 0.733 bits per heavy atom. The molecule has 12 N–H and O–H groups in total. The number of aryl methyl sites for hydroxylation is 2. The predicted molar refractivity (Wildman–Crippen MR) is 488 cm³/mol. The Kier molecular flexibility index (Phi) is 43.0. The number of ketones is 2. The summed E-state index contributed by atoms with van der Waals surface area (Å²) in [5.41, 5.74) is 23.9. The molecule has 1 saturated carbocycles. The number of methoxy groups -OCH3 is 2. The number of hydrogen-bond acceptors (Lipinski definition) is 32. The molecule has 3 aliphatic heterocycles. The van der Waals surface area contributed by atoms with Gasteiger partial charge in [0.25, 0.3) is 17.7 Å². The van der Waals surface area contributed by atoms with Crippen molar-refractivity contribution in [3.05, 3.63) is 84.0 Å². The standard InChI is InChI=1S/C93H142N16O22/c1-59-20-13-12-14-21-60(2)75(120-10)55-68-28-25-64(6)93(119,130-68)86(116)89(117)107-36-17-15-23-73(107)90(118)128-76(56-70(105-131-92(7,8)9)61(3)51-63(5)84(114)85(115)83(113)62(4)50-59)69(94)52-65-26-29-72(77(53-65)121-11)109-57-67(103-106-109)22-19-24-78(110)98-34-40-124-44-48-127-47-43-123-39-32-80(112)99-35-41-125-45-49-126-46-42-122-38-31-79(111)97-33-16-18-37-108-88-81(87(95)100-58-101-88)82(104-108)66-27-30-74-71(54-66)102-91(96)129-74/h12-14,20-21,27,30,51,54,57-59,61-62,64-65,68-69,72-73,75-77,84-85,114-115,119H,15-19,22-26,28-29,31-50,52-53,55-56,94H2,1-11H3,(H2,96,102)(H,97,111)(H,98,110)(H,99,112)(H2,95,100,101)/b14-12?,20-13+,60-21?,63-51+,105-70-/t59-,61-,62-,64-,65+,68+,69-,72+,73+,75+,76+,77-,84-,85+,93-/m1/s1. The minimum Gasteiger partial charge on any atom is -0.459 e. The lowest BCUT2D eigenvalue weighted by molar-refractivity contribution is -0.265. The van der Waals surface area contributed by atoms with Gasteiger partial charge in [-0.15, -0.1) is 5.10 Å². The summed E-state index contributed by atoms with van der Waals surface area (Å²) in [7, 11) is 3.20. The highest BCUT2D eigenvalue weighted by atomic mass is 16.7. The maximum Gasteiger partial charge on any atom is 0.329 e. The van der Waals surface area contributed by atoms with E-state index in [9.17, 15) is 44.1 Å². The molecule has 2 bridgehead atoms. The second-order valence-corrected chi connectivity index (χ2v) is 35.6. The third kappa shape index (κ3) is 33.0. The van der Waals surface area contributed by atoms with Crippen molar-refractivity contribution in [1.29, 1.82) is 0 Å². The number of benzene rings is 1. The lowest BCUT2D eigenvalue weighted by Gasteiger charge is -2.42. The van der Waals surface area contributed by atoms with Crippen molar-refractivity contribution in [1.82, 2.24) is 60.6 Å². The minimum atomic E-state index is -2.50. The number of nitrogens with zero attached hydrogens (tertiary/aromatic N) is 10. The normalized spacial score (nSPS) is 25.7. The van der Waals surface area contributed by atoms with Crippen LogP contribution in [0.5, 0.6) is 0 Å². The van der Waals surface area contributed by atoms with Crippen LogP contribution in [0.1, 0.15) is 190 Å². The number of oxime groups is 1. The Bertz CT molecular complexity index is 4620. The number of aliphatic hydroxyl groups is 3. The lowest BCUT2D eigenvalue weighted by atomic mass is 9.79. The molecule has 0 radical (unpaired) electrons. The number of rotatable bonds is 41. The summed E-state index contributed by atoms with van der Waals surface area (Å²) in [5.74, 6) is -8.32. The summed E-state index contributed by atoms with van der Waals surface area (Å²) in [4.78, 5) is 116. The highest BCUT2D eigenvalue weighted by molar-refractivity contribution is 6.39. The number of aromatic nitrogens is 8. The summed E-state index contributed by atoms with van der Waals surface area (Å²) in [5, 5.41) is 63.0. The highest BCUT2D eigenvalue weighted by Gasteiger charge is 2.53. The zero-order valence-corrected chi connectivity index (χ0v) is 78.2. The van der Waals surface area contributed by atoms with Gasteiger partial charge in [0.05, 0.1) is 120 Å². The maximum atomic E-state index is 15.1. The number of esters is 1. The maximum absolute atomic E-state index is 15.1. The first-order chi connectivity index (χ1) is 62.8. The molecule has 3 fully saturated rings. The van der Waals surface area contributed by atoms with Gasteiger partial charge in [0, 0.05) is 115 Å². The predicted octanol–water partition coefficient (Wildman–Crippen LogP) is 7.44. The van der Waals surface area contributed by atoms with E-state index in [0.29, 0.717) is 214 Å². The fraction of sp³-hybridized carbons (Fsp3) is 0.677. The van der Waals surface area contributed by atoms with Crippen molar-refractivity contribution in [3.63, 3.8) is 0 Å². The molecule has 2 saturated heterocycles. The SMILES string of the molecule is CO[C@H]1C[C@@H]2CC[C@@H](C)[C@@](O)(O2)C(=O)C(=O)N2CCCC[C@H]2C(=O)O[C@H]([C@H](N)C[C@@H]2CC[C@H](n3cc(CCCC(=O)NCCOCCOCCOCCC(=O)NCCOCCOCCOCCC(=O)NCCCCn4nc(-c5ccc6oc(N)nc6c5)c5c(N)ncnc54)nn3)[C@H](OC)C2)C/C(=N/OC(C)(C)C)[C@H](C)/C=C(\C)[C@@H](O)[C@@H](O)C(=O)[C@H](C)C[C@H](C)/C=C/C=CC=C1C. The molecule has 38 heteroatoms. The Morgan fingerprint density at radius 2 is 1.40 bits per heavy atom. The number of anilines is 2. The number of carbonyl (C=O) groups excluding carboxylic acids is 7. The average molecular weight is 1840 g/mol. The average Bonchev–Trinajstić information content (AvgIpc) is 1.57. The molecule has 0 unspecified atom stereocenters. The number of oxazole rings is 1. The van der Waals surface area contributed by atoms with Crippen molar-refractivity contribution < 1.29 is 106 Å². The monoisotopic (exact) mass is 1840 g/mol. The first kappa shape index (κ1) is 105. The number of unbranched alkanes of at least 4 members (excludes halogenated alkanes) is 1. The fourth-order valence-electron chi connectivity index (χ4n) is 16.6. The van der Waals surface area contributed by atoms with Crippen molar-refractivity contribution in [2.75, 3.05) is 131 Å². The lowest BCUT2D eigenvalue weighted by Crippen LogP contribution is -2.61. The molecule has 1 aromatic carbocycles. The number of aliphatic hydroxyl groups excluding tert-OH is 2. The number of nitrogens with one attached hydrogen (secondary N) is 3. The Labute approximate surface area is 767 Å². The van der Waals surface area contributed by atoms with Crippen molar-refractivity contribution >= 4 is 80.8 Å². The van der Waals surface area contributed by atoms with Gasteiger partial charge in [-0.05, 0) is 166 Å². The number of nitrogens with two attached hydrogens (primary N) is 3. The van der Waals surface area contributed by atoms with Crippen LogP contribution in [0.25, 0.3) is 33.4 Å². The summed E-state index contributed by atoms with van der Waals surface area (Å²) >= 11 is 0. The molecule has 131 heavy (non-hydrogen) atoms. The van der Waals surface area contributed by atoms with Crippen LogP contribution < -0.4 is 33.2 Å². The molecule has 38 nitrogen and oxygen atoms in total. The number of amides is 4. The van der Waals surface area contributed by atoms with E-state index in [1.807, 2.05) is 88.0 Å². The molecule has 4 aliphatic rings. The van der Waals surface area contributed by atoms with Crippen LogP contribution in [-0.2, 0) is 98.7 Å². The number of allylic oxidation sites excluding steroid dienone is 6. The molecule has 7 heterocycles. The first-order valence-corrected chi connectivity index (χ1v) is 46.3. The fourth-order valence-corrected chi connectivity index (χ4v) is 16.6. The van der Waals surface area contributed by atoms with E-state index in [-0.39, 0.29) is 112 Å². The Morgan fingerprint density at radius 3 is 2.07 bits per heavy atom. The number of ether oxygens (including phenoxy) is 10. The Hall–Kier alpha value is -9.42. The van der Waals surface area contributed by atoms with Gasteiger partial charge in [-0.25, -0.2) is 24.1 Å². The molecule has 4 aromatic heterocycles. The topological polar surface area (TPSA) is 512 Å². The second-order valence-electron chi connectivity index (χ2n) is 35.6. The molecule has 9 rings (SSSR count). The smallest absolute Gasteiger partial charge is 0.329 e. The van der Waals surface area contributed by atoms with Crippen LogP contribution in [0, 0.1) is 29.6 Å². The molecule has 4 amide bonds.